The Labute approximate surface area is 127 Å². The summed E-state index contributed by atoms with van der Waals surface area (Å²) >= 11 is 0. The summed E-state index contributed by atoms with van der Waals surface area (Å²) in [6.07, 6.45) is -2.74. The van der Waals surface area contributed by atoms with Gasteiger partial charge in [0.1, 0.15) is 17.5 Å². The van der Waals surface area contributed by atoms with Crippen molar-refractivity contribution in [2.75, 3.05) is 0 Å². The maximum absolute atomic E-state index is 12.4. The van der Waals surface area contributed by atoms with E-state index in [4.69, 9.17) is 0 Å². The van der Waals surface area contributed by atoms with Gasteiger partial charge >= 0.3 is 6.18 Å². The van der Waals surface area contributed by atoms with Gasteiger partial charge in [-0.05, 0) is 12.1 Å². The smallest absolute Gasteiger partial charge is 0.380 e. The van der Waals surface area contributed by atoms with Gasteiger partial charge in [0.15, 0.2) is 0 Å². The Balaban J connectivity index is 1.74. The molecule has 0 radical (unpaired) electrons. The molecule has 0 spiro atoms. The van der Waals surface area contributed by atoms with Crippen LogP contribution in [0.3, 0.4) is 0 Å². The molecule has 23 heavy (non-hydrogen) atoms. The van der Waals surface area contributed by atoms with Crippen LogP contribution in [0.25, 0.3) is 0 Å². The largest absolute Gasteiger partial charge is 0.452 e. The van der Waals surface area contributed by atoms with Crippen molar-refractivity contribution in [3.63, 3.8) is 0 Å². The second-order valence-electron chi connectivity index (χ2n) is 4.68. The zero-order valence-electron chi connectivity index (χ0n) is 11.5. The van der Waals surface area contributed by atoms with Gasteiger partial charge < -0.3 is 9.63 Å². The first-order valence-corrected chi connectivity index (χ1v) is 6.45. The Morgan fingerprint density at radius 3 is 2.74 bits per heavy atom. The lowest BCUT2D eigenvalue weighted by Crippen LogP contribution is -2.03. The number of rotatable bonds is 4. The van der Waals surface area contributed by atoms with Crippen LogP contribution in [0.4, 0.5) is 13.2 Å². The van der Waals surface area contributed by atoms with E-state index in [2.05, 4.69) is 25.0 Å². The Morgan fingerprint density at radius 1 is 1.26 bits per heavy atom. The van der Waals surface area contributed by atoms with E-state index in [1.165, 1.54) is 17.1 Å². The van der Waals surface area contributed by atoms with Gasteiger partial charge in [0.25, 0.3) is 0 Å². The lowest BCUT2D eigenvalue weighted by atomic mass is 10.2. The number of pyridine rings is 1. The predicted molar refractivity (Wildman–Crippen MR) is 68.9 cm³/mol. The molecule has 3 heterocycles. The van der Waals surface area contributed by atoms with Crippen LogP contribution in [-0.2, 0) is 12.7 Å². The molecular weight excluding hydrogens is 315 g/mol. The molecule has 3 aromatic heterocycles. The van der Waals surface area contributed by atoms with Crippen LogP contribution in [-0.4, -0.2) is 30.2 Å². The van der Waals surface area contributed by atoms with E-state index in [0.29, 0.717) is 5.69 Å². The van der Waals surface area contributed by atoms with Crippen molar-refractivity contribution < 1.29 is 22.8 Å². The average molecular weight is 325 g/mol. The molecule has 0 saturated heterocycles. The first-order valence-electron chi connectivity index (χ1n) is 6.45. The van der Waals surface area contributed by atoms with Crippen molar-refractivity contribution >= 4 is 0 Å². The Hall–Kier alpha value is -2.75. The van der Waals surface area contributed by atoms with E-state index >= 15 is 0 Å². The van der Waals surface area contributed by atoms with Crippen LogP contribution in [0.2, 0.25) is 0 Å². The molecule has 0 amide bonds. The molecule has 120 valence electrons. The van der Waals surface area contributed by atoms with Gasteiger partial charge in [-0.2, -0.15) is 13.2 Å². The highest BCUT2D eigenvalue weighted by molar-refractivity contribution is 5.17. The fourth-order valence-electron chi connectivity index (χ4n) is 1.89. The number of alkyl halides is 3. The summed E-state index contributed by atoms with van der Waals surface area (Å²) in [5, 5.41) is 21.0. The molecule has 0 aliphatic rings. The van der Waals surface area contributed by atoms with E-state index in [1.807, 2.05) is 0 Å². The van der Waals surface area contributed by atoms with Crippen molar-refractivity contribution in [2.45, 2.75) is 18.8 Å². The van der Waals surface area contributed by atoms with Gasteiger partial charge in [0, 0.05) is 12.3 Å². The summed E-state index contributed by atoms with van der Waals surface area (Å²) < 4.78 is 42.8. The van der Waals surface area contributed by atoms with Crippen LogP contribution >= 0.6 is 0 Å². The molecule has 3 aromatic rings. The minimum absolute atomic E-state index is 0.0427. The van der Waals surface area contributed by atoms with Crippen molar-refractivity contribution in [2.24, 2.45) is 0 Å². The molecule has 0 aliphatic heterocycles. The molecule has 7 nitrogen and oxygen atoms in total. The Kier molecular flexibility index (Phi) is 3.82. The fraction of sp³-hybridized carbons (Fsp3) is 0.231. The number of halogens is 3. The fourth-order valence-corrected chi connectivity index (χ4v) is 1.89. The first-order chi connectivity index (χ1) is 10.9. The first kappa shape index (κ1) is 15.2. The summed E-state index contributed by atoms with van der Waals surface area (Å²) in [5.74, 6) is -1.18. The maximum Gasteiger partial charge on any atom is 0.452 e. The molecule has 1 unspecified atom stereocenters. The predicted octanol–water partition coefficient (Wildman–Crippen LogP) is 1.81. The van der Waals surface area contributed by atoms with Gasteiger partial charge in [-0.3, -0.25) is 4.98 Å². The molecule has 0 bridgehead atoms. The van der Waals surface area contributed by atoms with Crippen LogP contribution in [0, 0.1) is 0 Å². The summed E-state index contributed by atoms with van der Waals surface area (Å²) in [6, 6.07) is 5.83. The van der Waals surface area contributed by atoms with Gasteiger partial charge in [-0.15, -0.1) is 5.10 Å². The third-order valence-electron chi connectivity index (χ3n) is 2.97. The summed E-state index contributed by atoms with van der Waals surface area (Å²) in [4.78, 5) is 4.00. The zero-order valence-corrected chi connectivity index (χ0v) is 11.5. The van der Waals surface area contributed by atoms with E-state index in [9.17, 15) is 18.3 Å². The third kappa shape index (κ3) is 3.37. The molecule has 1 N–H and O–H groups in total. The van der Waals surface area contributed by atoms with Crippen molar-refractivity contribution in [1.29, 1.82) is 0 Å². The van der Waals surface area contributed by atoms with Crippen LogP contribution in [0.15, 0.2) is 41.2 Å². The summed E-state index contributed by atoms with van der Waals surface area (Å²) in [6.45, 7) is -0.0679. The maximum atomic E-state index is 12.4. The van der Waals surface area contributed by atoms with E-state index in [1.54, 1.807) is 18.2 Å². The molecule has 0 aromatic carbocycles. The Bertz CT molecular complexity index is 784. The molecule has 0 aliphatic carbocycles. The minimum atomic E-state index is -4.59. The number of aromatic nitrogens is 5. The summed E-state index contributed by atoms with van der Waals surface area (Å²) in [5.41, 5.74) is 0.657. The zero-order chi connectivity index (χ0) is 16.4. The van der Waals surface area contributed by atoms with Gasteiger partial charge in [-0.25, -0.2) is 4.68 Å². The van der Waals surface area contributed by atoms with Gasteiger partial charge in [0.2, 0.25) is 5.76 Å². The topological polar surface area (TPSA) is 89.9 Å². The second kappa shape index (κ2) is 5.80. The number of hydrogen-bond acceptors (Lipinski definition) is 6. The summed E-state index contributed by atoms with van der Waals surface area (Å²) in [7, 11) is 0. The minimum Gasteiger partial charge on any atom is -0.380 e. The van der Waals surface area contributed by atoms with Crippen molar-refractivity contribution in [1.82, 2.24) is 25.1 Å². The molecule has 3 rings (SSSR count). The van der Waals surface area contributed by atoms with Crippen LogP contribution in [0.1, 0.15) is 28.9 Å². The molecule has 10 heteroatoms. The molecule has 0 saturated carbocycles. The highest BCUT2D eigenvalue weighted by atomic mass is 19.4. The second-order valence-corrected chi connectivity index (χ2v) is 4.68. The van der Waals surface area contributed by atoms with Crippen molar-refractivity contribution in [3.8, 4) is 0 Å². The third-order valence-corrected chi connectivity index (χ3v) is 2.97. The quantitative estimate of drug-likeness (QED) is 0.787. The molecule has 1 atom stereocenters. The molecule has 0 fully saturated rings. The lowest BCUT2D eigenvalue weighted by Gasteiger charge is -2.04. The number of aliphatic hydroxyl groups excluding tert-OH is 1. The normalized spacial score (nSPS) is 13.2. The monoisotopic (exact) mass is 325 g/mol. The lowest BCUT2D eigenvalue weighted by molar-refractivity contribution is -0.155. The number of aliphatic hydroxyl groups is 1. The highest BCUT2D eigenvalue weighted by Crippen LogP contribution is 2.29. The van der Waals surface area contributed by atoms with E-state index in [0.717, 1.165) is 6.07 Å². The van der Waals surface area contributed by atoms with E-state index < -0.39 is 18.0 Å². The highest BCUT2D eigenvalue weighted by Gasteiger charge is 2.36. The van der Waals surface area contributed by atoms with Crippen LogP contribution < -0.4 is 0 Å². The van der Waals surface area contributed by atoms with Gasteiger partial charge in [0.05, 0.1) is 18.4 Å². The SMILES string of the molecule is OC(c1ccccn1)c1cn(Cc2cc(C(F)(F)F)on2)nn1. The van der Waals surface area contributed by atoms with Crippen LogP contribution in [0.5, 0.6) is 0 Å². The number of nitrogens with zero attached hydrogens (tertiary/aromatic N) is 5. The van der Waals surface area contributed by atoms with E-state index in [-0.39, 0.29) is 17.9 Å². The van der Waals surface area contributed by atoms with Crippen molar-refractivity contribution in [3.05, 3.63) is 59.5 Å². The standard InChI is InChI=1S/C13H10F3N5O2/c14-13(15,16)11-5-8(19-23-11)6-21-7-10(18-20-21)12(22)9-3-1-2-4-17-9/h1-5,7,12,22H,6H2. The Morgan fingerprint density at radius 2 is 2.09 bits per heavy atom. The number of hydrogen-bond donors (Lipinski definition) is 1. The molecular formula is C13H10F3N5O2. The van der Waals surface area contributed by atoms with Gasteiger partial charge in [-0.1, -0.05) is 16.4 Å². The average Bonchev–Trinajstić information content (AvgIpc) is 3.17.